The summed E-state index contributed by atoms with van der Waals surface area (Å²) in [6, 6.07) is 0. The molecular formula is C13H27N3. The molecule has 3 heteroatoms. The minimum atomic E-state index is 0.155. The van der Waals surface area contributed by atoms with Crippen molar-refractivity contribution in [1.29, 1.82) is 0 Å². The van der Waals surface area contributed by atoms with Crippen LogP contribution >= 0.6 is 0 Å². The topological polar surface area (TPSA) is 32.5 Å². The minimum Gasteiger partial charge on any atom is -0.323 e. The van der Waals surface area contributed by atoms with Crippen LogP contribution in [0.5, 0.6) is 0 Å². The van der Waals surface area contributed by atoms with E-state index in [-0.39, 0.29) is 5.54 Å². The van der Waals surface area contributed by atoms with Crippen LogP contribution in [-0.4, -0.2) is 54.6 Å². The molecule has 0 saturated carbocycles. The van der Waals surface area contributed by atoms with Gasteiger partial charge in [0.15, 0.2) is 0 Å². The second-order valence-corrected chi connectivity index (χ2v) is 5.73. The Labute approximate surface area is 100.0 Å². The summed E-state index contributed by atoms with van der Waals surface area (Å²) in [5.74, 6) is 0. The van der Waals surface area contributed by atoms with Gasteiger partial charge in [0.05, 0.1) is 0 Å². The van der Waals surface area contributed by atoms with Crippen LogP contribution in [0.25, 0.3) is 0 Å². The predicted molar refractivity (Wildman–Crippen MR) is 68.6 cm³/mol. The van der Waals surface area contributed by atoms with Crippen molar-refractivity contribution in [3.8, 4) is 0 Å². The number of hydrogen-bond donors (Lipinski definition) is 1. The number of likely N-dealkylation sites (tertiary alicyclic amines) is 2. The average molecular weight is 225 g/mol. The van der Waals surface area contributed by atoms with Crippen LogP contribution in [-0.2, 0) is 0 Å². The molecule has 0 aromatic heterocycles. The molecule has 0 aliphatic carbocycles. The normalized spacial score (nSPS) is 25.9. The molecule has 2 rings (SSSR count). The first-order valence-corrected chi connectivity index (χ1v) is 6.95. The second-order valence-electron chi connectivity index (χ2n) is 5.73. The second kappa shape index (κ2) is 5.48. The van der Waals surface area contributed by atoms with Crippen molar-refractivity contribution in [2.75, 3.05) is 39.3 Å². The van der Waals surface area contributed by atoms with E-state index in [9.17, 15) is 0 Å². The molecule has 2 N–H and O–H groups in total. The monoisotopic (exact) mass is 225 g/mol. The van der Waals surface area contributed by atoms with Gasteiger partial charge in [0, 0.05) is 18.6 Å². The number of nitrogens with two attached hydrogens (primary N) is 1. The van der Waals surface area contributed by atoms with Crippen LogP contribution in [0.1, 0.15) is 39.0 Å². The summed E-state index contributed by atoms with van der Waals surface area (Å²) < 4.78 is 0. The van der Waals surface area contributed by atoms with Crippen molar-refractivity contribution in [3.63, 3.8) is 0 Å². The molecule has 0 spiro atoms. The maximum atomic E-state index is 6.25. The molecular weight excluding hydrogens is 198 g/mol. The fraction of sp³-hybridized carbons (Fsp3) is 1.00. The van der Waals surface area contributed by atoms with Gasteiger partial charge in [-0.25, -0.2) is 0 Å². The lowest BCUT2D eigenvalue weighted by molar-refractivity contribution is 0.0605. The van der Waals surface area contributed by atoms with Crippen molar-refractivity contribution in [2.45, 2.75) is 44.6 Å². The third-order valence-corrected chi connectivity index (χ3v) is 3.97. The highest BCUT2D eigenvalue weighted by Gasteiger charge is 2.37. The predicted octanol–water partition coefficient (Wildman–Crippen LogP) is 1.29. The Morgan fingerprint density at radius 3 is 2.31 bits per heavy atom. The molecule has 2 fully saturated rings. The van der Waals surface area contributed by atoms with Crippen LogP contribution in [0.4, 0.5) is 0 Å². The molecule has 3 nitrogen and oxygen atoms in total. The van der Waals surface area contributed by atoms with Gasteiger partial charge in [0.1, 0.15) is 0 Å². The van der Waals surface area contributed by atoms with Crippen LogP contribution in [0, 0.1) is 0 Å². The Hall–Kier alpha value is -0.120. The lowest BCUT2D eigenvalue weighted by Crippen LogP contribution is -2.67. The fourth-order valence-corrected chi connectivity index (χ4v) is 3.18. The third kappa shape index (κ3) is 3.19. The van der Waals surface area contributed by atoms with E-state index in [1.807, 2.05) is 0 Å². The summed E-state index contributed by atoms with van der Waals surface area (Å²) in [4.78, 5) is 5.12. The zero-order chi connectivity index (χ0) is 11.4. The smallest absolute Gasteiger partial charge is 0.0412 e. The first-order valence-electron chi connectivity index (χ1n) is 6.95. The van der Waals surface area contributed by atoms with E-state index in [1.165, 1.54) is 58.3 Å². The lowest BCUT2D eigenvalue weighted by Gasteiger charge is -2.48. The van der Waals surface area contributed by atoms with Crippen LogP contribution in [0.2, 0.25) is 0 Å². The van der Waals surface area contributed by atoms with Gasteiger partial charge in [-0.2, -0.15) is 0 Å². The van der Waals surface area contributed by atoms with Gasteiger partial charge in [-0.3, -0.25) is 4.90 Å². The van der Waals surface area contributed by atoms with Gasteiger partial charge in [-0.05, 0) is 51.9 Å². The van der Waals surface area contributed by atoms with E-state index in [2.05, 4.69) is 16.7 Å². The van der Waals surface area contributed by atoms with E-state index in [0.29, 0.717) is 0 Å². The summed E-state index contributed by atoms with van der Waals surface area (Å²) in [6.07, 6.45) is 6.55. The average Bonchev–Trinajstić information content (AvgIpc) is 2.68. The van der Waals surface area contributed by atoms with E-state index in [0.717, 1.165) is 13.1 Å². The van der Waals surface area contributed by atoms with Crippen molar-refractivity contribution in [3.05, 3.63) is 0 Å². The Balaban J connectivity index is 1.52. The molecule has 2 saturated heterocycles. The molecule has 0 aromatic rings. The molecule has 0 radical (unpaired) electrons. The first kappa shape index (κ1) is 12.3. The van der Waals surface area contributed by atoms with Gasteiger partial charge in [0.2, 0.25) is 0 Å². The summed E-state index contributed by atoms with van der Waals surface area (Å²) in [6.45, 7) is 9.68. The van der Waals surface area contributed by atoms with Gasteiger partial charge in [-0.15, -0.1) is 0 Å². The molecule has 2 aliphatic rings. The van der Waals surface area contributed by atoms with Crippen molar-refractivity contribution in [2.24, 2.45) is 5.73 Å². The van der Waals surface area contributed by atoms with Crippen LogP contribution < -0.4 is 5.73 Å². The van der Waals surface area contributed by atoms with Crippen LogP contribution in [0.15, 0.2) is 0 Å². The van der Waals surface area contributed by atoms with Gasteiger partial charge >= 0.3 is 0 Å². The van der Waals surface area contributed by atoms with Crippen molar-refractivity contribution >= 4 is 0 Å². The maximum Gasteiger partial charge on any atom is 0.0412 e. The Bertz CT molecular complexity index is 205. The zero-order valence-corrected chi connectivity index (χ0v) is 10.7. The maximum absolute atomic E-state index is 6.25. The molecule has 16 heavy (non-hydrogen) atoms. The van der Waals surface area contributed by atoms with E-state index < -0.39 is 0 Å². The van der Waals surface area contributed by atoms with Crippen LogP contribution in [0.3, 0.4) is 0 Å². The van der Waals surface area contributed by atoms with Gasteiger partial charge in [0.25, 0.3) is 0 Å². The zero-order valence-electron chi connectivity index (χ0n) is 10.7. The molecule has 0 aromatic carbocycles. The highest BCUT2D eigenvalue weighted by atomic mass is 15.2. The highest BCUT2D eigenvalue weighted by molar-refractivity contribution is 4.99. The molecule has 0 unspecified atom stereocenters. The SMILES string of the molecule is CCCC1(N)CN(CCCN2CCCC2)C1. The highest BCUT2D eigenvalue weighted by Crippen LogP contribution is 2.23. The molecule has 2 heterocycles. The number of nitrogens with zero attached hydrogens (tertiary/aromatic N) is 2. The summed E-state index contributed by atoms with van der Waals surface area (Å²) in [5.41, 5.74) is 6.40. The third-order valence-electron chi connectivity index (χ3n) is 3.97. The largest absolute Gasteiger partial charge is 0.323 e. The minimum absolute atomic E-state index is 0.155. The Morgan fingerprint density at radius 1 is 1.06 bits per heavy atom. The number of hydrogen-bond acceptors (Lipinski definition) is 3. The number of rotatable bonds is 6. The molecule has 0 atom stereocenters. The van der Waals surface area contributed by atoms with E-state index in [4.69, 9.17) is 5.73 Å². The van der Waals surface area contributed by atoms with E-state index >= 15 is 0 Å². The van der Waals surface area contributed by atoms with Crippen molar-refractivity contribution in [1.82, 2.24) is 9.80 Å². The molecule has 94 valence electrons. The van der Waals surface area contributed by atoms with Crippen molar-refractivity contribution < 1.29 is 0 Å². The van der Waals surface area contributed by atoms with Gasteiger partial charge in [-0.1, -0.05) is 13.3 Å². The molecule has 0 amide bonds. The summed E-state index contributed by atoms with van der Waals surface area (Å²) >= 11 is 0. The quantitative estimate of drug-likeness (QED) is 0.739. The fourth-order valence-electron chi connectivity index (χ4n) is 3.18. The first-order chi connectivity index (χ1) is 7.72. The lowest BCUT2D eigenvalue weighted by atomic mass is 9.86. The Morgan fingerprint density at radius 2 is 1.69 bits per heavy atom. The van der Waals surface area contributed by atoms with E-state index in [1.54, 1.807) is 0 Å². The Kier molecular flexibility index (Phi) is 4.22. The molecule has 0 bridgehead atoms. The summed E-state index contributed by atoms with van der Waals surface area (Å²) in [5, 5.41) is 0. The summed E-state index contributed by atoms with van der Waals surface area (Å²) in [7, 11) is 0. The standard InChI is InChI=1S/C13H27N3/c1-2-6-13(14)11-16(12-13)10-5-9-15-7-3-4-8-15/h2-12,14H2,1H3. The molecule has 2 aliphatic heterocycles. The van der Waals surface area contributed by atoms with Gasteiger partial charge < -0.3 is 10.6 Å².